The Bertz CT molecular complexity index is 248. The summed E-state index contributed by atoms with van der Waals surface area (Å²) in [6, 6.07) is 7.80. The van der Waals surface area contributed by atoms with Crippen LogP contribution in [0.2, 0.25) is 0 Å². The van der Waals surface area contributed by atoms with Gasteiger partial charge in [-0.05, 0) is 12.1 Å². The fourth-order valence-corrected chi connectivity index (χ4v) is 1.47. The van der Waals surface area contributed by atoms with E-state index in [9.17, 15) is 0 Å². The van der Waals surface area contributed by atoms with Crippen molar-refractivity contribution in [3.8, 4) is 5.75 Å². The first-order valence-corrected chi connectivity index (χ1v) is 5.14. The summed E-state index contributed by atoms with van der Waals surface area (Å²) < 4.78 is 15.3. The third-order valence-corrected chi connectivity index (χ3v) is 2.44. The Morgan fingerprint density at radius 1 is 1.07 bits per heavy atom. The van der Waals surface area contributed by atoms with Crippen LogP contribution in [-0.2, 0) is 9.26 Å². The zero-order chi connectivity index (χ0) is 10.2. The Morgan fingerprint density at radius 3 is 2.36 bits per heavy atom. The van der Waals surface area contributed by atoms with Crippen LogP contribution in [0.5, 0.6) is 5.75 Å². The van der Waals surface area contributed by atoms with Gasteiger partial charge in [-0.3, -0.25) is 0 Å². The average Bonchev–Trinajstić information content (AvgIpc) is 2.25. The topological polar surface area (TPSA) is 27.7 Å². The number of ether oxygens (including phenoxy) is 2. The van der Waals surface area contributed by atoms with Crippen molar-refractivity contribution in [3.05, 3.63) is 24.3 Å². The lowest BCUT2D eigenvalue weighted by Gasteiger charge is -2.19. The molecule has 1 aromatic rings. The SMILES string of the molecule is COCCO[P-]c1ccc(OC)cc1. The van der Waals surface area contributed by atoms with Crippen LogP contribution in [-0.4, -0.2) is 27.4 Å². The van der Waals surface area contributed by atoms with Crippen LogP contribution in [0.25, 0.3) is 0 Å². The van der Waals surface area contributed by atoms with E-state index in [0.717, 1.165) is 19.9 Å². The van der Waals surface area contributed by atoms with Gasteiger partial charge in [-0.1, -0.05) is 12.1 Å². The van der Waals surface area contributed by atoms with E-state index in [1.54, 1.807) is 14.2 Å². The lowest BCUT2D eigenvalue weighted by Crippen LogP contribution is -2.00. The molecular formula is C10H14O3P-. The summed E-state index contributed by atoms with van der Waals surface area (Å²) >= 11 is 0. The Balaban J connectivity index is 2.29. The Labute approximate surface area is 86.2 Å². The number of hydrogen-bond acceptors (Lipinski definition) is 3. The minimum absolute atomic E-state index is 0.615. The fourth-order valence-electron chi connectivity index (χ4n) is 0.884. The number of hydrogen-bond donors (Lipinski definition) is 0. The van der Waals surface area contributed by atoms with Gasteiger partial charge in [0.15, 0.2) is 0 Å². The number of benzene rings is 1. The Hall–Kier alpha value is -0.630. The molecule has 1 rings (SSSR count). The maximum atomic E-state index is 5.34. The second-order valence-electron chi connectivity index (χ2n) is 2.62. The summed E-state index contributed by atoms with van der Waals surface area (Å²) in [6.07, 6.45) is 0. The van der Waals surface area contributed by atoms with Crippen molar-refractivity contribution < 1.29 is 14.0 Å². The minimum atomic E-state index is 0.615. The second-order valence-corrected chi connectivity index (χ2v) is 3.57. The number of methoxy groups -OCH3 is 2. The molecule has 14 heavy (non-hydrogen) atoms. The lowest BCUT2D eigenvalue weighted by molar-refractivity contribution is 0.155. The van der Waals surface area contributed by atoms with Gasteiger partial charge in [0, 0.05) is 13.7 Å². The summed E-state index contributed by atoms with van der Waals surface area (Å²) in [7, 11) is 4.18. The van der Waals surface area contributed by atoms with Crippen LogP contribution in [0, 0.1) is 0 Å². The lowest BCUT2D eigenvalue weighted by atomic mass is 10.3. The first-order chi connectivity index (χ1) is 6.86. The molecule has 0 N–H and O–H groups in total. The van der Waals surface area contributed by atoms with Gasteiger partial charge in [0.25, 0.3) is 0 Å². The molecule has 0 aliphatic heterocycles. The molecule has 0 atom stereocenters. The molecule has 0 aliphatic rings. The van der Waals surface area contributed by atoms with Crippen molar-refractivity contribution in [2.45, 2.75) is 0 Å². The molecular weight excluding hydrogens is 199 g/mol. The Kier molecular flexibility index (Phi) is 5.53. The zero-order valence-electron chi connectivity index (χ0n) is 8.40. The predicted octanol–water partition coefficient (Wildman–Crippen LogP) is 1.84. The van der Waals surface area contributed by atoms with E-state index >= 15 is 0 Å². The third-order valence-electron chi connectivity index (χ3n) is 1.62. The van der Waals surface area contributed by atoms with Crippen molar-refractivity contribution in [3.63, 3.8) is 0 Å². The van der Waals surface area contributed by atoms with E-state index in [1.807, 2.05) is 24.3 Å². The first-order valence-electron chi connectivity index (χ1n) is 4.33. The molecule has 78 valence electrons. The molecule has 0 fully saturated rings. The van der Waals surface area contributed by atoms with Gasteiger partial charge >= 0.3 is 0 Å². The van der Waals surface area contributed by atoms with E-state index in [2.05, 4.69) is 0 Å². The van der Waals surface area contributed by atoms with Crippen LogP contribution in [0.1, 0.15) is 0 Å². The van der Waals surface area contributed by atoms with Crippen LogP contribution in [0.15, 0.2) is 24.3 Å². The molecule has 0 spiro atoms. The molecule has 4 heteroatoms. The summed E-state index contributed by atoms with van der Waals surface area (Å²) in [5.41, 5.74) is 0. The van der Waals surface area contributed by atoms with E-state index < -0.39 is 0 Å². The van der Waals surface area contributed by atoms with E-state index in [4.69, 9.17) is 14.0 Å². The summed E-state index contributed by atoms with van der Waals surface area (Å²) in [6.45, 7) is 1.24. The smallest absolute Gasteiger partial charge is 0.118 e. The van der Waals surface area contributed by atoms with Crippen LogP contribution in [0.3, 0.4) is 0 Å². The molecule has 0 aliphatic carbocycles. The summed E-state index contributed by atoms with van der Waals surface area (Å²) in [5, 5.41) is 1.11. The first kappa shape index (κ1) is 11.4. The molecule has 0 saturated heterocycles. The van der Waals surface area contributed by atoms with Crippen molar-refractivity contribution >= 4 is 14.1 Å². The normalized spacial score (nSPS) is 11.0. The average molecular weight is 213 g/mol. The highest BCUT2D eigenvalue weighted by atomic mass is 31.1. The van der Waals surface area contributed by atoms with Gasteiger partial charge in [-0.2, -0.15) is 5.30 Å². The highest BCUT2D eigenvalue weighted by Gasteiger charge is 1.85. The van der Waals surface area contributed by atoms with Gasteiger partial charge < -0.3 is 22.8 Å². The largest absolute Gasteiger partial charge is 0.551 e. The summed E-state index contributed by atoms with van der Waals surface area (Å²) in [5.74, 6) is 0.862. The highest BCUT2D eigenvalue weighted by molar-refractivity contribution is 7.41. The highest BCUT2D eigenvalue weighted by Crippen LogP contribution is 2.14. The molecule has 0 radical (unpaired) electrons. The van der Waals surface area contributed by atoms with E-state index in [1.165, 1.54) is 0 Å². The third kappa shape index (κ3) is 4.05. The minimum Gasteiger partial charge on any atom is -0.551 e. The molecule has 0 unspecified atom stereocenters. The van der Waals surface area contributed by atoms with Crippen molar-refractivity contribution in [2.24, 2.45) is 0 Å². The van der Waals surface area contributed by atoms with Crippen LogP contribution >= 0.6 is 8.81 Å². The van der Waals surface area contributed by atoms with Crippen molar-refractivity contribution in [2.75, 3.05) is 27.4 Å². The maximum Gasteiger partial charge on any atom is 0.118 e. The molecule has 0 heterocycles. The molecule has 0 bridgehead atoms. The van der Waals surface area contributed by atoms with Gasteiger partial charge in [-0.15, -0.1) is 0 Å². The fraction of sp³-hybridized carbons (Fsp3) is 0.400. The quantitative estimate of drug-likeness (QED) is 0.533. The molecule has 0 aromatic heterocycles. The van der Waals surface area contributed by atoms with Gasteiger partial charge in [0.05, 0.1) is 13.7 Å². The van der Waals surface area contributed by atoms with Crippen molar-refractivity contribution in [1.29, 1.82) is 0 Å². The van der Waals surface area contributed by atoms with E-state index in [0.29, 0.717) is 13.2 Å². The molecule has 0 amide bonds. The second kappa shape index (κ2) is 6.77. The van der Waals surface area contributed by atoms with Crippen molar-refractivity contribution in [1.82, 2.24) is 0 Å². The maximum absolute atomic E-state index is 5.34. The van der Waals surface area contributed by atoms with Gasteiger partial charge in [0.2, 0.25) is 0 Å². The number of rotatable bonds is 6. The summed E-state index contributed by atoms with van der Waals surface area (Å²) in [4.78, 5) is 0. The standard InChI is InChI=1S/C10H14O3P/c1-11-7-8-13-14-10-5-3-9(12-2)4-6-10/h3-6H,7-8H2,1-2H3/q-1. The monoisotopic (exact) mass is 213 g/mol. The van der Waals surface area contributed by atoms with Gasteiger partial charge in [-0.25, -0.2) is 0 Å². The van der Waals surface area contributed by atoms with E-state index in [-0.39, 0.29) is 0 Å². The van der Waals surface area contributed by atoms with Crippen LogP contribution in [0.4, 0.5) is 0 Å². The van der Waals surface area contributed by atoms with Gasteiger partial charge in [0.1, 0.15) is 5.75 Å². The molecule has 1 aromatic carbocycles. The predicted molar refractivity (Wildman–Crippen MR) is 57.4 cm³/mol. The zero-order valence-corrected chi connectivity index (χ0v) is 9.29. The van der Waals surface area contributed by atoms with Crippen LogP contribution < -0.4 is 10.0 Å². The molecule has 3 nitrogen and oxygen atoms in total. The Morgan fingerprint density at radius 2 is 1.79 bits per heavy atom. The molecule has 0 saturated carbocycles.